The lowest BCUT2D eigenvalue weighted by atomic mass is 9.76. The molecule has 1 aromatic heterocycles. The molecule has 0 saturated heterocycles. The number of aliphatic imine (C=N–C) groups is 1. The van der Waals surface area contributed by atoms with Crippen LogP contribution < -0.4 is 11.2 Å². The van der Waals surface area contributed by atoms with Crippen LogP contribution in [0.15, 0.2) is 63.1 Å². The number of nitrogens with zero attached hydrogens (tertiary/aromatic N) is 3. The lowest BCUT2D eigenvalue weighted by Gasteiger charge is -2.30. The van der Waals surface area contributed by atoms with E-state index in [1.165, 1.54) is 11.6 Å². The number of ketones is 1. The fraction of sp³-hybridized carbons (Fsp3) is 0.182. The van der Waals surface area contributed by atoms with Crippen molar-refractivity contribution < 1.29 is 4.79 Å². The minimum absolute atomic E-state index is 0.0779. The van der Waals surface area contributed by atoms with Gasteiger partial charge >= 0.3 is 5.69 Å². The minimum Gasteiger partial charge on any atom is -0.293 e. The molecule has 2 heterocycles. The highest BCUT2D eigenvalue weighted by Crippen LogP contribution is 2.46. The van der Waals surface area contributed by atoms with Gasteiger partial charge in [-0.25, -0.2) is 9.79 Å². The van der Waals surface area contributed by atoms with Gasteiger partial charge in [-0.3, -0.25) is 18.7 Å². The molecule has 7 heteroatoms. The quantitative estimate of drug-likeness (QED) is 0.625. The molecule has 0 spiro atoms. The minimum atomic E-state index is -0.636. The van der Waals surface area contributed by atoms with Gasteiger partial charge in [0.25, 0.3) is 5.56 Å². The zero-order valence-corrected chi connectivity index (χ0v) is 16.5. The number of Topliss-reactive ketones (excluding diaryl/α,β-unsaturated/α-hetero) is 1. The molecule has 144 valence electrons. The van der Waals surface area contributed by atoms with Crippen LogP contribution in [0.3, 0.4) is 0 Å². The number of aromatic nitrogens is 2. The highest BCUT2D eigenvalue weighted by molar-refractivity contribution is 6.31. The van der Waals surface area contributed by atoms with Crippen molar-refractivity contribution in [2.45, 2.75) is 5.92 Å². The topological polar surface area (TPSA) is 73.4 Å². The Morgan fingerprint density at radius 2 is 1.62 bits per heavy atom. The first-order chi connectivity index (χ1) is 13.9. The number of fused-ring (bicyclic) bond motifs is 4. The van der Waals surface area contributed by atoms with Crippen molar-refractivity contribution >= 4 is 28.9 Å². The van der Waals surface area contributed by atoms with Crippen LogP contribution >= 0.6 is 11.6 Å². The number of hydrogen-bond acceptors (Lipinski definition) is 4. The van der Waals surface area contributed by atoms with Crippen molar-refractivity contribution in [2.24, 2.45) is 25.0 Å². The zero-order chi connectivity index (χ0) is 20.4. The maximum atomic E-state index is 13.4. The van der Waals surface area contributed by atoms with E-state index in [-0.39, 0.29) is 5.78 Å². The van der Waals surface area contributed by atoms with E-state index in [4.69, 9.17) is 11.6 Å². The summed E-state index contributed by atoms with van der Waals surface area (Å²) in [6.07, 6.45) is 0. The van der Waals surface area contributed by atoms with Crippen LogP contribution in [0.25, 0.3) is 0 Å². The van der Waals surface area contributed by atoms with Gasteiger partial charge in [0, 0.05) is 36.2 Å². The Kier molecular flexibility index (Phi) is 3.76. The molecule has 29 heavy (non-hydrogen) atoms. The molecule has 3 aromatic rings. The van der Waals surface area contributed by atoms with Crippen molar-refractivity contribution in [1.29, 1.82) is 0 Å². The van der Waals surface area contributed by atoms with Gasteiger partial charge in [-0.05, 0) is 17.7 Å². The van der Waals surface area contributed by atoms with Crippen molar-refractivity contribution in [3.8, 4) is 0 Å². The van der Waals surface area contributed by atoms with E-state index >= 15 is 0 Å². The van der Waals surface area contributed by atoms with Crippen molar-refractivity contribution in [3.05, 3.63) is 96.6 Å². The van der Waals surface area contributed by atoms with E-state index < -0.39 is 23.1 Å². The summed E-state index contributed by atoms with van der Waals surface area (Å²) in [6.45, 7) is 0. The van der Waals surface area contributed by atoms with Gasteiger partial charge in [0.05, 0.1) is 17.2 Å². The zero-order valence-electron chi connectivity index (χ0n) is 15.7. The Hall–Kier alpha value is -3.25. The molecule has 0 N–H and O–H groups in total. The van der Waals surface area contributed by atoms with Crippen LogP contribution in [0.1, 0.15) is 33.0 Å². The molecule has 6 nitrogen and oxygen atoms in total. The summed E-state index contributed by atoms with van der Waals surface area (Å²) in [5.41, 5.74) is 2.09. The summed E-state index contributed by atoms with van der Waals surface area (Å²) in [4.78, 5) is 43.7. The number of rotatable bonds is 1. The fourth-order valence-electron chi connectivity index (χ4n) is 4.43. The van der Waals surface area contributed by atoms with Crippen molar-refractivity contribution in [1.82, 2.24) is 9.13 Å². The summed E-state index contributed by atoms with van der Waals surface area (Å²) in [5, 5.41) is 0.512. The Bertz CT molecular complexity index is 1370. The van der Waals surface area contributed by atoms with Crippen LogP contribution in [0.4, 0.5) is 5.82 Å². The average molecular weight is 406 g/mol. The van der Waals surface area contributed by atoms with Gasteiger partial charge in [-0.1, -0.05) is 48.0 Å². The maximum Gasteiger partial charge on any atom is 0.332 e. The molecule has 2 aromatic carbocycles. The molecule has 5 rings (SSSR count). The van der Waals surface area contributed by atoms with Gasteiger partial charge in [-0.15, -0.1) is 0 Å². The van der Waals surface area contributed by atoms with Crippen LogP contribution in [0.5, 0.6) is 0 Å². The molecular weight excluding hydrogens is 390 g/mol. The summed E-state index contributed by atoms with van der Waals surface area (Å²) < 4.78 is 2.42. The number of hydrogen-bond donors (Lipinski definition) is 0. The summed E-state index contributed by atoms with van der Waals surface area (Å²) in [7, 11) is 3.02. The Morgan fingerprint density at radius 3 is 2.34 bits per heavy atom. The van der Waals surface area contributed by atoms with E-state index in [0.717, 1.165) is 15.7 Å². The van der Waals surface area contributed by atoms with Gasteiger partial charge in [-0.2, -0.15) is 0 Å². The molecule has 0 amide bonds. The van der Waals surface area contributed by atoms with Crippen LogP contribution in [-0.2, 0) is 14.1 Å². The van der Waals surface area contributed by atoms with Gasteiger partial charge < -0.3 is 0 Å². The molecular formula is C22H16ClN3O3. The third-order valence-corrected chi connectivity index (χ3v) is 6.03. The number of carbonyl (C=O) groups excluding carboxylic acids is 1. The highest BCUT2D eigenvalue weighted by Gasteiger charge is 2.47. The van der Waals surface area contributed by atoms with Crippen LogP contribution in [0, 0.1) is 5.92 Å². The molecule has 0 radical (unpaired) electrons. The normalized spacial score (nSPS) is 19.4. The number of carbonyl (C=O) groups is 1. The SMILES string of the molecule is Cn1c2c(c(=O)n(C)c1=O)[C@H](c1cccc(Cl)c1)[C@H]1C(=O)c3ccccc3C1=N2. The summed E-state index contributed by atoms with van der Waals surface area (Å²) >= 11 is 6.23. The first-order valence-corrected chi connectivity index (χ1v) is 9.55. The average Bonchev–Trinajstić information content (AvgIpc) is 3.01. The van der Waals surface area contributed by atoms with E-state index in [9.17, 15) is 14.4 Å². The van der Waals surface area contributed by atoms with E-state index in [0.29, 0.717) is 27.7 Å². The van der Waals surface area contributed by atoms with Crippen molar-refractivity contribution in [3.63, 3.8) is 0 Å². The van der Waals surface area contributed by atoms with Crippen LogP contribution in [0.2, 0.25) is 5.02 Å². The smallest absolute Gasteiger partial charge is 0.293 e. The molecule has 0 saturated carbocycles. The van der Waals surface area contributed by atoms with Gasteiger partial charge in [0.1, 0.15) is 5.82 Å². The molecule has 2 aliphatic rings. The second-order valence-electron chi connectivity index (χ2n) is 7.36. The predicted molar refractivity (Wildman–Crippen MR) is 111 cm³/mol. The monoisotopic (exact) mass is 405 g/mol. The third-order valence-electron chi connectivity index (χ3n) is 5.79. The van der Waals surface area contributed by atoms with E-state index in [2.05, 4.69) is 4.99 Å². The van der Waals surface area contributed by atoms with E-state index in [1.807, 2.05) is 24.3 Å². The molecule has 0 fully saturated rings. The Balaban J connectivity index is 1.92. The highest BCUT2D eigenvalue weighted by atomic mass is 35.5. The fourth-order valence-corrected chi connectivity index (χ4v) is 4.63. The second-order valence-corrected chi connectivity index (χ2v) is 7.80. The first kappa shape index (κ1) is 17.8. The number of benzene rings is 2. The Labute approximate surface area is 170 Å². The molecule has 0 bridgehead atoms. The largest absolute Gasteiger partial charge is 0.332 e. The third kappa shape index (κ3) is 2.36. The lowest BCUT2D eigenvalue weighted by molar-refractivity contribution is 0.0953. The van der Waals surface area contributed by atoms with Gasteiger partial charge in [0.2, 0.25) is 0 Å². The first-order valence-electron chi connectivity index (χ1n) is 9.17. The molecule has 1 aliphatic heterocycles. The lowest BCUT2D eigenvalue weighted by Crippen LogP contribution is -2.43. The molecule has 1 aliphatic carbocycles. The van der Waals surface area contributed by atoms with Crippen LogP contribution in [-0.4, -0.2) is 20.6 Å². The maximum absolute atomic E-state index is 13.4. The van der Waals surface area contributed by atoms with Gasteiger partial charge in [0.15, 0.2) is 5.78 Å². The van der Waals surface area contributed by atoms with Crippen molar-refractivity contribution in [2.75, 3.05) is 0 Å². The number of halogens is 1. The Morgan fingerprint density at radius 1 is 0.897 bits per heavy atom. The standard InChI is InChI=1S/C22H16ClN3O3/c1-25-20-17(21(28)26(2)22(25)29)15(11-6-5-7-12(23)10-11)16-18(24-20)13-8-3-4-9-14(13)19(16)27/h3-10,15-16H,1-2H3/t15-,16-/m1/s1. The van der Waals surface area contributed by atoms with E-state index in [1.54, 1.807) is 31.3 Å². The molecule has 2 atom stereocenters. The molecule has 0 unspecified atom stereocenters. The summed E-state index contributed by atoms with van der Waals surface area (Å²) in [5.74, 6) is -1.00. The summed E-state index contributed by atoms with van der Waals surface area (Å²) in [6, 6.07) is 14.4. The second kappa shape index (κ2) is 6.12. The predicted octanol–water partition coefficient (Wildman–Crippen LogP) is 2.82.